The van der Waals surface area contributed by atoms with Crippen molar-refractivity contribution in [1.82, 2.24) is 9.55 Å². The van der Waals surface area contributed by atoms with E-state index in [0.717, 1.165) is 45.3 Å². The maximum Gasteiger partial charge on any atom is 0.137 e. The molecule has 6 atom stereocenters. The highest BCUT2D eigenvalue weighted by atomic mass is 16.5. The molecular formula is C59H60N4O. The number of fused-ring (bicyclic) bond motifs is 8. The van der Waals surface area contributed by atoms with Gasteiger partial charge in [-0.25, -0.2) is 4.98 Å². The molecular weight excluding hydrogens is 781 g/mol. The molecule has 1 saturated heterocycles. The van der Waals surface area contributed by atoms with Gasteiger partial charge in [-0.1, -0.05) is 152 Å². The minimum Gasteiger partial charge on any atom is -0.457 e. The van der Waals surface area contributed by atoms with Crippen molar-refractivity contribution < 1.29 is 18.4 Å². The average Bonchev–Trinajstić information content (AvgIpc) is 4.12. The molecule has 2 saturated carbocycles. The smallest absolute Gasteiger partial charge is 0.137 e. The van der Waals surface area contributed by atoms with Crippen LogP contribution in [0.1, 0.15) is 86.6 Å². The molecule has 11 rings (SSSR count). The molecule has 0 amide bonds. The zero-order chi connectivity index (χ0) is 52.8. The summed E-state index contributed by atoms with van der Waals surface area (Å²) in [5, 5.41) is 2.19. The first-order valence-corrected chi connectivity index (χ1v) is 22.6. The van der Waals surface area contributed by atoms with Gasteiger partial charge in [-0.2, -0.15) is 0 Å². The van der Waals surface area contributed by atoms with E-state index in [1.54, 1.807) is 18.2 Å². The minimum atomic E-state index is -0.516. The molecule has 8 aromatic rings. The SMILES string of the molecule is [2H]c1c([2H])c([2H])c(-c2cccc(-c3c([2H])c([2H])c([2H])c([2H])c3[2H])c2N2CN(c3cc(Oc4ccc5c6ccccc6n(-c6cc(C(C)(C)C)ccn6)c5c4)cc(C(C)(C)C)c3)[C@@H]3C2C2C[C@H]3C(C)C2C)c([2H])c1[2H]. The number of anilines is 2. The first-order valence-electron chi connectivity index (χ1n) is 27.6. The summed E-state index contributed by atoms with van der Waals surface area (Å²) in [6.07, 6.45) is 2.82. The summed E-state index contributed by atoms with van der Waals surface area (Å²) < 4.78 is 98.1. The summed E-state index contributed by atoms with van der Waals surface area (Å²) in [6.45, 7) is 18.1. The van der Waals surface area contributed by atoms with Crippen molar-refractivity contribution in [3.8, 4) is 39.6 Å². The number of hydrogen-bond acceptors (Lipinski definition) is 4. The number of para-hydroxylation sites is 2. The topological polar surface area (TPSA) is 33.5 Å². The fourth-order valence-corrected chi connectivity index (χ4v) is 11.3. The highest BCUT2D eigenvalue weighted by Gasteiger charge is 2.62. The lowest BCUT2D eigenvalue weighted by molar-refractivity contribution is 0.220. The molecule has 5 heteroatoms. The van der Waals surface area contributed by atoms with Gasteiger partial charge >= 0.3 is 0 Å². The van der Waals surface area contributed by atoms with Crippen molar-refractivity contribution in [3.05, 3.63) is 169 Å². The molecule has 2 bridgehead atoms. The molecule has 0 N–H and O–H groups in total. The van der Waals surface area contributed by atoms with Crippen LogP contribution in [-0.2, 0) is 10.8 Å². The van der Waals surface area contributed by atoms with Gasteiger partial charge in [0.2, 0.25) is 0 Å². The predicted octanol–water partition coefficient (Wildman–Crippen LogP) is 14.8. The number of aromatic nitrogens is 2. The van der Waals surface area contributed by atoms with Crippen LogP contribution in [0.3, 0.4) is 0 Å². The largest absolute Gasteiger partial charge is 0.457 e. The van der Waals surface area contributed by atoms with Crippen LogP contribution in [0.2, 0.25) is 0 Å². The molecule has 322 valence electrons. The number of rotatable bonds is 7. The Hall–Kier alpha value is -6.33. The highest BCUT2D eigenvalue weighted by Crippen LogP contribution is 2.60. The Labute approximate surface area is 393 Å². The van der Waals surface area contributed by atoms with Crippen LogP contribution >= 0.6 is 0 Å². The van der Waals surface area contributed by atoms with E-state index in [1.165, 1.54) is 5.56 Å². The lowest BCUT2D eigenvalue weighted by atomic mass is 9.75. The molecule has 3 aliphatic rings. The van der Waals surface area contributed by atoms with Gasteiger partial charge in [0.25, 0.3) is 0 Å². The number of pyridine rings is 1. The van der Waals surface area contributed by atoms with E-state index in [4.69, 9.17) is 17.9 Å². The number of benzene rings is 6. The Balaban J connectivity index is 1.09. The fourth-order valence-electron chi connectivity index (χ4n) is 11.3. The van der Waals surface area contributed by atoms with Crippen molar-refractivity contribution in [1.29, 1.82) is 0 Å². The van der Waals surface area contributed by atoms with Crippen molar-refractivity contribution in [3.63, 3.8) is 0 Å². The van der Waals surface area contributed by atoms with E-state index in [9.17, 15) is 5.48 Å². The van der Waals surface area contributed by atoms with Gasteiger partial charge in [0, 0.05) is 45.9 Å². The Kier molecular flexibility index (Phi) is 7.27. The first-order chi connectivity index (χ1) is 35.0. The van der Waals surface area contributed by atoms with Crippen molar-refractivity contribution in [2.24, 2.45) is 23.7 Å². The lowest BCUT2D eigenvalue weighted by Crippen LogP contribution is -2.47. The molecule has 2 aliphatic carbocycles. The Morgan fingerprint density at radius 3 is 1.88 bits per heavy atom. The second-order valence-electron chi connectivity index (χ2n) is 20.3. The summed E-state index contributed by atoms with van der Waals surface area (Å²) in [7, 11) is 0. The summed E-state index contributed by atoms with van der Waals surface area (Å²) in [5.74, 6) is 3.27. The summed E-state index contributed by atoms with van der Waals surface area (Å²) in [4.78, 5) is 9.58. The highest BCUT2D eigenvalue weighted by molar-refractivity contribution is 6.09. The van der Waals surface area contributed by atoms with Crippen LogP contribution in [0.25, 0.3) is 49.9 Å². The first kappa shape index (κ1) is 30.7. The lowest BCUT2D eigenvalue weighted by Gasteiger charge is -2.40. The molecule has 3 heterocycles. The van der Waals surface area contributed by atoms with Gasteiger partial charge in [0.05, 0.1) is 49.2 Å². The van der Waals surface area contributed by atoms with E-state index < -0.39 is 36.3 Å². The van der Waals surface area contributed by atoms with Gasteiger partial charge in [-0.15, -0.1) is 0 Å². The monoisotopic (exact) mass is 851 g/mol. The third-order valence-corrected chi connectivity index (χ3v) is 14.6. The van der Waals surface area contributed by atoms with Crippen molar-refractivity contribution in [2.75, 3.05) is 16.5 Å². The van der Waals surface area contributed by atoms with E-state index in [1.807, 2.05) is 12.3 Å². The Bertz CT molecular complexity index is 3490. The number of ether oxygens (including phenoxy) is 1. The minimum absolute atomic E-state index is 0.0149. The van der Waals surface area contributed by atoms with Crippen LogP contribution in [0, 0.1) is 23.7 Å². The van der Waals surface area contributed by atoms with Crippen molar-refractivity contribution >= 4 is 33.2 Å². The maximum atomic E-state index is 9.24. The number of hydrogen-bond donors (Lipinski definition) is 0. The van der Waals surface area contributed by atoms with Crippen LogP contribution in [0.15, 0.2) is 158 Å². The molecule has 64 heavy (non-hydrogen) atoms. The molecule has 1 aliphatic heterocycles. The molecule has 6 aromatic carbocycles. The normalized spacial score (nSPS) is 24.1. The third kappa shape index (κ3) is 6.69. The zero-order valence-corrected chi connectivity index (χ0v) is 37.8. The summed E-state index contributed by atoms with van der Waals surface area (Å²) in [6, 6.07) is 25.7. The van der Waals surface area contributed by atoms with Crippen LogP contribution < -0.4 is 14.5 Å². The van der Waals surface area contributed by atoms with Gasteiger partial charge in [-0.3, -0.25) is 4.57 Å². The van der Waals surface area contributed by atoms with Gasteiger partial charge in [-0.05, 0) is 106 Å². The van der Waals surface area contributed by atoms with E-state index >= 15 is 0 Å². The second kappa shape index (κ2) is 15.1. The Morgan fingerprint density at radius 2 is 1.22 bits per heavy atom. The van der Waals surface area contributed by atoms with Crippen LogP contribution in [0.4, 0.5) is 11.4 Å². The molecule has 2 aromatic heterocycles. The molecule has 5 nitrogen and oxygen atoms in total. The molecule has 0 radical (unpaired) electrons. The molecule has 3 fully saturated rings. The Morgan fingerprint density at radius 1 is 0.594 bits per heavy atom. The summed E-state index contributed by atoms with van der Waals surface area (Å²) >= 11 is 0. The van der Waals surface area contributed by atoms with E-state index in [-0.39, 0.29) is 70.0 Å². The number of nitrogens with zero attached hydrogens (tertiary/aromatic N) is 4. The summed E-state index contributed by atoms with van der Waals surface area (Å²) in [5.41, 5.74) is 5.88. The van der Waals surface area contributed by atoms with Crippen molar-refractivity contribution in [2.45, 2.75) is 84.7 Å². The zero-order valence-electron chi connectivity index (χ0n) is 47.8. The van der Waals surface area contributed by atoms with E-state index in [2.05, 4.69) is 136 Å². The fraction of sp³-hybridized carbons (Fsp3) is 0.305. The van der Waals surface area contributed by atoms with Crippen LogP contribution in [0.5, 0.6) is 11.5 Å². The quantitative estimate of drug-likeness (QED) is 0.160. The predicted molar refractivity (Wildman–Crippen MR) is 267 cm³/mol. The maximum absolute atomic E-state index is 9.24. The van der Waals surface area contributed by atoms with Gasteiger partial charge < -0.3 is 14.5 Å². The second-order valence-corrected chi connectivity index (χ2v) is 20.3. The van der Waals surface area contributed by atoms with E-state index in [0.29, 0.717) is 46.8 Å². The third-order valence-electron chi connectivity index (χ3n) is 14.6. The van der Waals surface area contributed by atoms with Crippen LogP contribution in [-0.4, -0.2) is 28.3 Å². The molecule has 0 spiro atoms. The van der Waals surface area contributed by atoms with Gasteiger partial charge in [0.1, 0.15) is 17.3 Å². The average molecular weight is 851 g/mol. The van der Waals surface area contributed by atoms with Gasteiger partial charge in [0.15, 0.2) is 0 Å². The molecule has 4 unspecified atom stereocenters. The standard InChI is InChI=1S/C59H60N4O/c1-37-38(2)51-35-50(37)56-57(51)62(55-46(39-18-11-9-12-19-39)23-17-24-47(55)40-20-13-10-14-21-40)36-61(56)43-30-42(59(6,7)8)31-45(33-43)64-44-26-27-49-48-22-15-16-25-52(48)63(53(49)34-44)54-32-41(28-29-60-54)58(3,4)5/h9-34,37-38,50-51,56-57H,35-36H2,1-8H3/t37?,38?,50-,51?,56-,57?/m0/s1/i9D,10D,11D,12D,13D,14D,18D,19D,20D,21D.